The van der Waals surface area contributed by atoms with Gasteiger partial charge < -0.3 is 5.43 Å². The van der Waals surface area contributed by atoms with Crippen molar-refractivity contribution in [3.05, 3.63) is 23.7 Å². The molecular formula is C13H20N6. The molecule has 2 aromatic heterocycles. The zero-order valence-corrected chi connectivity index (χ0v) is 12.0. The summed E-state index contributed by atoms with van der Waals surface area (Å²) in [5, 5.41) is 4.53. The third kappa shape index (κ3) is 2.73. The first-order valence-corrected chi connectivity index (χ1v) is 6.18. The second-order valence-electron chi connectivity index (χ2n) is 5.68. The van der Waals surface area contributed by atoms with Gasteiger partial charge in [-0.2, -0.15) is 5.10 Å². The number of hydrogen-bond acceptors (Lipinski definition) is 5. The molecule has 0 aliphatic rings. The highest BCUT2D eigenvalue weighted by Gasteiger charge is 2.24. The van der Waals surface area contributed by atoms with Crippen LogP contribution in [0.2, 0.25) is 0 Å². The molecule has 0 saturated heterocycles. The number of aromatic nitrogens is 4. The third-order valence-corrected chi connectivity index (χ3v) is 2.78. The van der Waals surface area contributed by atoms with Crippen molar-refractivity contribution in [3.8, 4) is 11.4 Å². The van der Waals surface area contributed by atoms with Gasteiger partial charge in [0.2, 0.25) is 0 Å². The average molecular weight is 260 g/mol. The molecule has 19 heavy (non-hydrogen) atoms. The van der Waals surface area contributed by atoms with Crippen LogP contribution in [0.25, 0.3) is 11.4 Å². The zero-order chi connectivity index (χ0) is 14.2. The predicted molar refractivity (Wildman–Crippen MR) is 75.5 cm³/mol. The Kier molecular flexibility index (Phi) is 3.28. The van der Waals surface area contributed by atoms with Gasteiger partial charge in [0.05, 0.1) is 11.3 Å². The van der Waals surface area contributed by atoms with E-state index >= 15 is 0 Å². The minimum Gasteiger partial charge on any atom is -0.308 e. The SMILES string of the molecule is Cc1cc(NN)nc(-c2cn(C)nc2C(C)(C)C)n1. The van der Waals surface area contributed by atoms with Crippen LogP contribution in [0.5, 0.6) is 0 Å². The summed E-state index contributed by atoms with van der Waals surface area (Å²) in [6, 6.07) is 1.80. The molecule has 0 atom stereocenters. The van der Waals surface area contributed by atoms with Crippen molar-refractivity contribution in [2.75, 3.05) is 5.43 Å². The van der Waals surface area contributed by atoms with Crippen LogP contribution in [0.3, 0.4) is 0 Å². The lowest BCUT2D eigenvalue weighted by molar-refractivity contribution is 0.554. The van der Waals surface area contributed by atoms with Crippen molar-refractivity contribution in [3.63, 3.8) is 0 Å². The molecule has 0 aliphatic heterocycles. The highest BCUT2D eigenvalue weighted by atomic mass is 15.3. The van der Waals surface area contributed by atoms with Crippen molar-refractivity contribution < 1.29 is 0 Å². The molecule has 2 aromatic rings. The molecule has 6 nitrogen and oxygen atoms in total. The van der Waals surface area contributed by atoms with Crippen LogP contribution in [0.15, 0.2) is 12.3 Å². The largest absolute Gasteiger partial charge is 0.308 e. The molecule has 102 valence electrons. The molecule has 0 aliphatic carbocycles. The highest BCUT2D eigenvalue weighted by Crippen LogP contribution is 2.30. The van der Waals surface area contributed by atoms with Crippen LogP contribution in [0.1, 0.15) is 32.2 Å². The second kappa shape index (κ2) is 4.62. The minimum absolute atomic E-state index is 0.0694. The van der Waals surface area contributed by atoms with Crippen molar-refractivity contribution in [1.29, 1.82) is 0 Å². The van der Waals surface area contributed by atoms with E-state index in [1.165, 1.54) is 0 Å². The van der Waals surface area contributed by atoms with Crippen LogP contribution in [-0.4, -0.2) is 19.7 Å². The molecule has 0 fully saturated rings. The maximum atomic E-state index is 5.43. The fourth-order valence-corrected chi connectivity index (χ4v) is 1.97. The highest BCUT2D eigenvalue weighted by molar-refractivity contribution is 5.61. The Bertz CT molecular complexity index is 594. The molecule has 6 heteroatoms. The van der Waals surface area contributed by atoms with Crippen LogP contribution < -0.4 is 11.3 Å². The zero-order valence-electron chi connectivity index (χ0n) is 12.0. The predicted octanol–water partition coefficient (Wildman–Crippen LogP) is 1.77. The smallest absolute Gasteiger partial charge is 0.165 e. The molecular weight excluding hydrogens is 240 g/mol. The normalized spacial score (nSPS) is 11.7. The molecule has 0 radical (unpaired) electrons. The van der Waals surface area contributed by atoms with Crippen LogP contribution in [-0.2, 0) is 12.5 Å². The van der Waals surface area contributed by atoms with Gasteiger partial charge in [-0.25, -0.2) is 15.8 Å². The Morgan fingerprint density at radius 3 is 2.53 bits per heavy atom. The number of hydrazine groups is 1. The number of nitrogens with one attached hydrogen (secondary N) is 1. The van der Waals surface area contributed by atoms with Gasteiger partial charge in [0.1, 0.15) is 5.82 Å². The molecule has 0 bridgehead atoms. The van der Waals surface area contributed by atoms with Crippen molar-refractivity contribution in [2.45, 2.75) is 33.1 Å². The number of aryl methyl sites for hydroxylation is 2. The van der Waals surface area contributed by atoms with Gasteiger partial charge in [-0.05, 0) is 6.92 Å². The second-order valence-corrected chi connectivity index (χ2v) is 5.68. The summed E-state index contributed by atoms with van der Waals surface area (Å²) < 4.78 is 1.79. The van der Waals surface area contributed by atoms with Gasteiger partial charge >= 0.3 is 0 Å². The van der Waals surface area contributed by atoms with E-state index in [9.17, 15) is 0 Å². The lowest BCUT2D eigenvalue weighted by Gasteiger charge is -2.17. The number of nitrogens with two attached hydrogens (primary N) is 1. The van der Waals surface area contributed by atoms with Gasteiger partial charge in [-0.3, -0.25) is 4.68 Å². The first-order chi connectivity index (χ1) is 8.81. The van der Waals surface area contributed by atoms with E-state index < -0.39 is 0 Å². The van der Waals surface area contributed by atoms with Crippen molar-refractivity contribution >= 4 is 5.82 Å². The first-order valence-electron chi connectivity index (χ1n) is 6.18. The topological polar surface area (TPSA) is 81.6 Å². The van der Waals surface area contributed by atoms with Crippen LogP contribution in [0, 0.1) is 6.92 Å². The van der Waals surface area contributed by atoms with E-state index in [2.05, 4.69) is 41.3 Å². The minimum atomic E-state index is -0.0694. The number of nitrogen functional groups attached to an aromatic ring is 1. The summed E-state index contributed by atoms with van der Waals surface area (Å²) in [6.45, 7) is 8.28. The van der Waals surface area contributed by atoms with E-state index in [-0.39, 0.29) is 5.41 Å². The molecule has 0 aromatic carbocycles. The van der Waals surface area contributed by atoms with E-state index in [4.69, 9.17) is 5.84 Å². The van der Waals surface area contributed by atoms with Gasteiger partial charge in [-0.15, -0.1) is 0 Å². The molecule has 0 saturated carbocycles. The number of anilines is 1. The van der Waals surface area contributed by atoms with Gasteiger partial charge in [0.15, 0.2) is 5.82 Å². The lowest BCUT2D eigenvalue weighted by Crippen LogP contribution is -2.15. The first kappa shape index (κ1) is 13.5. The fraction of sp³-hybridized carbons (Fsp3) is 0.462. The van der Waals surface area contributed by atoms with Gasteiger partial charge in [-0.1, -0.05) is 20.8 Å². The molecule has 0 unspecified atom stereocenters. The number of rotatable bonds is 2. The van der Waals surface area contributed by atoms with Crippen LogP contribution >= 0.6 is 0 Å². The fourth-order valence-electron chi connectivity index (χ4n) is 1.97. The number of hydrogen-bond donors (Lipinski definition) is 2. The van der Waals surface area contributed by atoms with E-state index in [1.807, 2.05) is 20.2 Å². The van der Waals surface area contributed by atoms with E-state index in [0.717, 1.165) is 17.0 Å². The van der Waals surface area contributed by atoms with E-state index in [1.54, 1.807) is 10.7 Å². The van der Waals surface area contributed by atoms with Gasteiger partial charge in [0, 0.05) is 30.4 Å². The quantitative estimate of drug-likeness (QED) is 0.635. The summed E-state index contributed by atoms with van der Waals surface area (Å²) in [7, 11) is 1.90. The van der Waals surface area contributed by atoms with Crippen molar-refractivity contribution in [1.82, 2.24) is 19.7 Å². The summed E-state index contributed by atoms with van der Waals surface area (Å²) in [5.41, 5.74) is 5.27. The lowest BCUT2D eigenvalue weighted by atomic mass is 9.89. The Morgan fingerprint density at radius 2 is 1.95 bits per heavy atom. The van der Waals surface area contributed by atoms with Gasteiger partial charge in [0.25, 0.3) is 0 Å². The maximum absolute atomic E-state index is 5.43. The Hall–Kier alpha value is -1.95. The van der Waals surface area contributed by atoms with Crippen molar-refractivity contribution in [2.24, 2.45) is 12.9 Å². The molecule has 0 amide bonds. The van der Waals surface area contributed by atoms with E-state index in [0.29, 0.717) is 11.6 Å². The molecule has 3 N–H and O–H groups in total. The summed E-state index contributed by atoms with van der Waals surface area (Å²) >= 11 is 0. The van der Waals surface area contributed by atoms with Crippen LogP contribution in [0.4, 0.5) is 5.82 Å². The Morgan fingerprint density at radius 1 is 1.26 bits per heavy atom. The summed E-state index contributed by atoms with van der Waals surface area (Å²) in [5.74, 6) is 6.68. The Balaban J connectivity index is 2.62. The monoisotopic (exact) mass is 260 g/mol. The Labute approximate surface area is 113 Å². The molecule has 2 heterocycles. The maximum Gasteiger partial charge on any atom is 0.165 e. The molecule has 0 spiro atoms. The molecule has 2 rings (SSSR count). The number of nitrogens with zero attached hydrogens (tertiary/aromatic N) is 4. The summed E-state index contributed by atoms with van der Waals surface area (Å²) in [6.07, 6.45) is 1.94. The standard InChI is InChI=1S/C13H20N6/c1-8-6-10(17-14)16-12(15-8)9-7-19(5)18-11(9)13(2,3)4/h6-7H,14H2,1-5H3,(H,15,16,17). The third-order valence-electron chi connectivity index (χ3n) is 2.78. The summed E-state index contributed by atoms with van der Waals surface area (Å²) in [4.78, 5) is 8.89. The average Bonchev–Trinajstić information content (AvgIpc) is 2.70.